The fourth-order valence-corrected chi connectivity index (χ4v) is 3.54. The van der Waals surface area contributed by atoms with Crippen molar-refractivity contribution in [2.45, 2.75) is 32.6 Å². The monoisotopic (exact) mass is 335 g/mol. The minimum Gasteiger partial charge on any atom is -0.493 e. The average Bonchev–Trinajstić information content (AvgIpc) is 2.61. The van der Waals surface area contributed by atoms with E-state index in [0.29, 0.717) is 24.0 Å². The van der Waals surface area contributed by atoms with Crippen LogP contribution in [-0.2, 0) is 11.2 Å². The number of amides is 1. The molecule has 1 amide bonds. The van der Waals surface area contributed by atoms with Gasteiger partial charge in [-0.25, -0.2) is 0 Å². The molecule has 1 aromatic rings. The second-order valence-electron chi connectivity index (χ2n) is 6.42. The number of hydrogen-bond donors (Lipinski definition) is 1. The van der Waals surface area contributed by atoms with Crippen molar-refractivity contribution in [2.75, 3.05) is 33.9 Å². The molecular formula is C19H29NO4. The first-order chi connectivity index (χ1) is 11.6. The van der Waals surface area contributed by atoms with E-state index in [2.05, 4.69) is 6.92 Å². The lowest BCUT2D eigenvalue weighted by Gasteiger charge is -2.38. The van der Waals surface area contributed by atoms with E-state index in [-0.39, 0.29) is 12.5 Å². The van der Waals surface area contributed by atoms with Crippen LogP contribution in [0.5, 0.6) is 11.5 Å². The summed E-state index contributed by atoms with van der Waals surface area (Å²) in [6, 6.07) is 5.89. The van der Waals surface area contributed by atoms with Gasteiger partial charge in [0.2, 0.25) is 5.91 Å². The summed E-state index contributed by atoms with van der Waals surface area (Å²) in [7, 11) is 3.25. The maximum atomic E-state index is 12.4. The number of rotatable bonds is 8. The molecule has 0 spiro atoms. The van der Waals surface area contributed by atoms with Crippen LogP contribution < -0.4 is 9.47 Å². The number of piperidine rings is 1. The number of ether oxygens (including phenoxy) is 2. The van der Waals surface area contributed by atoms with Gasteiger partial charge in [0.1, 0.15) is 0 Å². The third-order valence-corrected chi connectivity index (χ3v) is 5.05. The Kier molecular flexibility index (Phi) is 6.91. The third kappa shape index (κ3) is 4.41. The van der Waals surface area contributed by atoms with Gasteiger partial charge in [-0.05, 0) is 42.4 Å². The first kappa shape index (κ1) is 18.6. The van der Waals surface area contributed by atoms with Crippen LogP contribution in [0.2, 0.25) is 0 Å². The number of carbonyl (C=O) groups is 1. The fraction of sp³-hybridized carbons (Fsp3) is 0.632. The summed E-state index contributed by atoms with van der Waals surface area (Å²) in [5, 5.41) is 9.18. The summed E-state index contributed by atoms with van der Waals surface area (Å²) in [6.07, 6.45) is 3.14. The van der Waals surface area contributed by atoms with Crippen molar-refractivity contribution in [3.8, 4) is 11.5 Å². The molecule has 0 aromatic heterocycles. The molecule has 0 radical (unpaired) electrons. The Morgan fingerprint density at radius 2 is 1.96 bits per heavy atom. The molecule has 134 valence electrons. The minimum absolute atomic E-state index is 0.167. The molecule has 5 heteroatoms. The van der Waals surface area contributed by atoms with Crippen LogP contribution in [-0.4, -0.2) is 49.8 Å². The van der Waals surface area contributed by atoms with E-state index in [1.54, 1.807) is 14.2 Å². The zero-order chi connectivity index (χ0) is 17.5. The Bertz CT molecular complexity index is 546. The molecule has 24 heavy (non-hydrogen) atoms. The molecule has 1 aliphatic rings. The second-order valence-corrected chi connectivity index (χ2v) is 6.42. The van der Waals surface area contributed by atoms with Crippen molar-refractivity contribution in [2.24, 2.45) is 11.8 Å². The van der Waals surface area contributed by atoms with Crippen molar-refractivity contribution in [3.63, 3.8) is 0 Å². The highest BCUT2D eigenvalue weighted by molar-refractivity contribution is 5.77. The molecule has 1 heterocycles. The minimum atomic E-state index is 0.167. The predicted octanol–water partition coefficient (Wildman–Crippen LogP) is 2.50. The molecule has 0 saturated carbocycles. The maximum absolute atomic E-state index is 12.4. The highest BCUT2D eigenvalue weighted by atomic mass is 16.5. The lowest BCUT2D eigenvalue weighted by Crippen LogP contribution is -2.45. The van der Waals surface area contributed by atoms with Crippen molar-refractivity contribution in [1.82, 2.24) is 4.90 Å². The number of likely N-dealkylation sites (tertiary alicyclic amines) is 1. The standard InChI is InChI=1S/C19H29NO4/c1-4-15-13-20(19(22)12-16(15)8-10-21)9-7-14-5-6-17(23-2)18(11-14)24-3/h5-6,11,15-16,21H,4,7-10,12-13H2,1-3H3. The van der Waals surface area contributed by atoms with Crippen LogP contribution in [0, 0.1) is 11.8 Å². The molecule has 0 bridgehead atoms. The molecule has 2 unspecified atom stereocenters. The van der Waals surface area contributed by atoms with Crippen LogP contribution in [0.1, 0.15) is 31.7 Å². The number of methoxy groups -OCH3 is 2. The number of benzene rings is 1. The molecule has 1 saturated heterocycles. The van der Waals surface area contributed by atoms with Gasteiger partial charge in [0.15, 0.2) is 11.5 Å². The summed E-state index contributed by atoms with van der Waals surface area (Å²) in [5.74, 6) is 2.45. The molecular weight excluding hydrogens is 306 g/mol. The van der Waals surface area contributed by atoms with E-state index in [1.165, 1.54) is 0 Å². The average molecular weight is 335 g/mol. The Balaban J connectivity index is 1.97. The van der Waals surface area contributed by atoms with Crippen molar-refractivity contribution < 1.29 is 19.4 Å². The Morgan fingerprint density at radius 1 is 1.21 bits per heavy atom. The van der Waals surface area contributed by atoms with Gasteiger partial charge in [-0.1, -0.05) is 19.4 Å². The van der Waals surface area contributed by atoms with Crippen molar-refractivity contribution >= 4 is 5.91 Å². The van der Waals surface area contributed by atoms with E-state index in [4.69, 9.17) is 9.47 Å². The van der Waals surface area contributed by atoms with Crippen LogP contribution >= 0.6 is 0 Å². The molecule has 1 fully saturated rings. The topological polar surface area (TPSA) is 59.0 Å². The Hall–Kier alpha value is -1.75. The summed E-state index contributed by atoms with van der Waals surface area (Å²) < 4.78 is 10.6. The quantitative estimate of drug-likeness (QED) is 0.793. The first-order valence-corrected chi connectivity index (χ1v) is 8.72. The molecule has 5 nitrogen and oxygen atoms in total. The molecule has 2 rings (SSSR count). The largest absolute Gasteiger partial charge is 0.493 e. The highest BCUT2D eigenvalue weighted by Crippen LogP contribution is 2.30. The van der Waals surface area contributed by atoms with Crippen LogP contribution in [0.4, 0.5) is 0 Å². The number of carbonyl (C=O) groups excluding carboxylic acids is 1. The lowest BCUT2D eigenvalue weighted by atomic mass is 9.81. The normalized spacial score (nSPS) is 21.0. The maximum Gasteiger partial charge on any atom is 0.222 e. The number of aliphatic hydroxyl groups excluding tert-OH is 1. The third-order valence-electron chi connectivity index (χ3n) is 5.05. The van der Waals surface area contributed by atoms with E-state index in [9.17, 15) is 9.90 Å². The molecule has 1 aromatic carbocycles. The number of aliphatic hydroxyl groups is 1. The first-order valence-electron chi connectivity index (χ1n) is 8.72. The Labute approximate surface area is 144 Å². The SMILES string of the molecule is CCC1CN(CCc2ccc(OC)c(OC)c2)C(=O)CC1CCO. The summed E-state index contributed by atoms with van der Waals surface area (Å²) in [4.78, 5) is 14.4. The molecule has 2 atom stereocenters. The second kappa shape index (κ2) is 8.92. The van der Waals surface area contributed by atoms with Gasteiger partial charge in [-0.15, -0.1) is 0 Å². The molecule has 0 aliphatic carbocycles. The zero-order valence-corrected chi connectivity index (χ0v) is 15.0. The van der Waals surface area contributed by atoms with Crippen LogP contribution in [0.3, 0.4) is 0 Å². The van der Waals surface area contributed by atoms with Crippen molar-refractivity contribution in [3.05, 3.63) is 23.8 Å². The smallest absolute Gasteiger partial charge is 0.222 e. The lowest BCUT2D eigenvalue weighted by molar-refractivity contribution is -0.137. The Morgan fingerprint density at radius 3 is 2.58 bits per heavy atom. The van der Waals surface area contributed by atoms with E-state index >= 15 is 0 Å². The van der Waals surface area contributed by atoms with E-state index in [1.807, 2.05) is 23.1 Å². The summed E-state index contributed by atoms with van der Waals surface area (Å²) in [6.45, 7) is 3.85. The fourth-order valence-electron chi connectivity index (χ4n) is 3.54. The van der Waals surface area contributed by atoms with Crippen LogP contribution in [0.15, 0.2) is 18.2 Å². The number of nitrogens with zero attached hydrogens (tertiary/aromatic N) is 1. The van der Waals surface area contributed by atoms with Gasteiger partial charge in [-0.2, -0.15) is 0 Å². The molecule has 1 aliphatic heterocycles. The number of hydrogen-bond acceptors (Lipinski definition) is 4. The van der Waals surface area contributed by atoms with Gasteiger partial charge >= 0.3 is 0 Å². The summed E-state index contributed by atoms with van der Waals surface area (Å²) in [5.41, 5.74) is 1.13. The van der Waals surface area contributed by atoms with Gasteiger partial charge in [0, 0.05) is 26.1 Å². The predicted molar refractivity (Wildman–Crippen MR) is 93.4 cm³/mol. The van der Waals surface area contributed by atoms with Crippen molar-refractivity contribution in [1.29, 1.82) is 0 Å². The van der Waals surface area contributed by atoms with Gasteiger partial charge in [-0.3, -0.25) is 4.79 Å². The zero-order valence-electron chi connectivity index (χ0n) is 15.0. The van der Waals surface area contributed by atoms with Gasteiger partial charge in [0.25, 0.3) is 0 Å². The summed E-state index contributed by atoms with van der Waals surface area (Å²) >= 11 is 0. The highest BCUT2D eigenvalue weighted by Gasteiger charge is 2.32. The van der Waals surface area contributed by atoms with Gasteiger partial charge < -0.3 is 19.5 Å². The van der Waals surface area contributed by atoms with Crippen LogP contribution in [0.25, 0.3) is 0 Å². The van der Waals surface area contributed by atoms with Gasteiger partial charge in [0.05, 0.1) is 14.2 Å². The van der Waals surface area contributed by atoms with E-state index < -0.39 is 0 Å². The van der Waals surface area contributed by atoms with E-state index in [0.717, 1.165) is 43.7 Å². The molecule has 1 N–H and O–H groups in total.